The Morgan fingerprint density at radius 3 is 0.862 bits per heavy atom. The van der Waals surface area contributed by atoms with Gasteiger partial charge in [-0.25, -0.2) is 0 Å². The maximum absolute atomic E-state index is 7.68. The van der Waals surface area contributed by atoms with Crippen molar-refractivity contribution in [2.24, 2.45) is 0 Å². The summed E-state index contributed by atoms with van der Waals surface area (Å²) in [6.07, 6.45) is 0. The molecule has 94 heavy (non-hydrogen) atoms. The molecule has 9 heteroatoms. The summed E-state index contributed by atoms with van der Waals surface area (Å²) in [4.78, 5) is 9.44. The summed E-state index contributed by atoms with van der Waals surface area (Å²) in [5, 5.41) is 5.59. The third-order valence-corrected chi connectivity index (χ3v) is 18.5. The average Bonchev–Trinajstić information content (AvgIpc) is 0.770. The molecule has 0 fully saturated rings. The van der Waals surface area contributed by atoms with Crippen molar-refractivity contribution < 1.29 is 0 Å². The molecule has 16 aromatic rings. The van der Waals surface area contributed by atoms with Gasteiger partial charge in [-0.05, 0) is 150 Å². The Labute approximate surface area is 570 Å². The lowest BCUT2D eigenvalue weighted by atomic mass is 9.33. The van der Waals surface area contributed by atoms with Crippen molar-refractivity contribution in [3.8, 4) is 11.4 Å². The second-order valence-electron chi connectivity index (χ2n) is 23.3. The molecule has 0 unspecified atom stereocenters. The molecule has 0 saturated carbocycles. The molecule has 450 valence electrons. The highest BCUT2D eigenvalue weighted by atomic mass is 127. The van der Waals surface area contributed by atoms with E-state index in [1.54, 1.807) is 0 Å². The van der Waals surface area contributed by atoms with E-state index in [9.17, 15) is 0 Å². The van der Waals surface area contributed by atoms with Gasteiger partial charge in [0.05, 0.1) is 49.8 Å². The van der Waals surface area contributed by atoms with Gasteiger partial charge in [-0.15, -0.1) is 24.0 Å². The number of para-hydroxylation sites is 12. The number of rotatable bonds is 10. The topological polar surface area (TPSA) is 22.8 Å². The molecule has 0 bridgehead atoms. The van der Waals surface area contributed by atoms with Gasteiger partial charge in [0.25, 0.3) is 6.71 Å². The number of aromatic nitrogens is 2. The zero-order valence-corrected chi connectivity index (χ0v) is 53.6. The molecule has 2 aliphatic heterocycles. The van der Waals surface area contributed by atoms with E-state index in [2.05, 4.69) is 356 Å². The van der Waals surface area contributed by atoms with Crippen molar-refractivity contribution in [1.82, 2.24) is 9.13 Å². The van der Waals surface area contributed by atoms with E-state index in [0.717, 1.165) is 67.9 Å². The molecule has 0 spiro atoms. The first kappa shape index (κ1) is 59.3. The summed E-state index contributed by atoms with van der Waals surface area (Å²) < 4.78 is 4.81. The van der Waals surface area contributed by atoms with Crippen molar-refractivity contribution in [3.63, 3.8) is 0 Å². The Balaban J connectivity index is 0.000000152. The quantitative estimate of drug-likeness (QED) is 0.101. The van der Waals surface area contributed by atoms with Crippen molar-refractivity contribution in [3.05, 3.63) is 357 Å². The molecule has 0 atom stereocenters. The third kappa shape index (κ3) is 10.1. The van der Waals surface area contributed by atoms with E-state index in [1.165, 1.54) is 71.7 Å². The van der Waals surface area contributed by atoms with Crippen molar-refractivity contribution in [1.29, 1.82) is 0 Å². The zero-order valence-electron chi connectivity index (χ0n) is 50.5. The van der Waals surface area contributed by atoms with E-state index in [1.807, 2.05) is 24.3 Å². The fourth-order valence-electron chi connectivity index (χ4n) is 14.3. The van der Waals surface area contributed by atoms with Crippen LogP contribution in [0.3, 0.4) is 0 Å². The van der Waals surface area contributed by atoms with Crippen LogP contribution in [0.2, 0.25) is 5.02 Å². The van der Waals surface area contributed by atoms with Gasteiger partial charge in [0.15, 0.2) is 0 Å². The first-order chi connectivity index (χ1) is 45.6. The number of halogens is 2. The fourth-order valence-corrected chi connectivity index (χ4v) is 14.6. The Morgan fingerprint density at radius 2 is 0.532 bits per heavy atom. The van der Waals surface area contributed by atoms with Gasteiger partial charge in [-0.1, -0.05) is 237 Å². The number of hydrogen-bond donors (Lipinski definition) is 0. The van der Waals surface area contributed by atoms with Crippen LogP contribution in [0.25, 0.3) is 55.0 Å². The first-order valence-corrected chi connectivity index (χ1v) is 31.7. The van der Waals surface area contributed by atoms with Crippen molar-refractivity contribution >= 4 is 171 Å². The van der Waals surface area contributed by atoms with Crippen LogP contribution in [0.4, 0.5) is 68.2 Å². The minimum Gasteiger partial charge on any atom is -0.311 e. The third-order valence-electron chi connectivity index (χ3n) is 18.1. The van der Waals surface area contributed by atoms with Gasteiger partial charge in [0.2, 0.25) is 0 Å². The summed E-state index contributed by atoms with van der Waals surface area (Å²) in [5.74, 6) is 0. The Kier molecular flexibility index (Phi) is 15.9. The molecular formula is C85H63BClIN6. The minimum absolute atomic E-state index is 0. The Bertz CT molecular complexity index is 4880. The molecule has 0 radical (unpaired) electrons. The Morgan fingerprint density at radius 1 is 0.266 bits per heavy atom. The van der Waals surface area contributed by atoms with Crippen LogP contribution in [0, 0.1) is 0 Å². The monoisotopic (exact) mass is 1340 g/mol. The zero-order chi connectivity index (χ0) is 61.1. The predicted octanol–water partition coefficient (Wildman–Crippen LogP) is 22.5. The normalized spacial score (nSPS) is 11.9. The van der Waals surface area contributed by atoms with Crippen LogP contribution >= 0.6 is 35.6 Å². The van der Waals surface area contributed by atoms with Crippen LogP contribution in [0.1, 0.15) is 7.43 Å². The summed E-state index contributed by atoms with van der Waals surface area (Å²) in [6.45, 7) is 0.101. The number of hydrogen-bond acceptors (Lipinski definition) is 4. The van der Waals surface area contributed by atoms with Crippen molar-refractivity contribution in [2.75, 3.05) is 19.6 Å². The predicted molar refractivity (Wildman–Crippen MR) is 412 cm³/mol. The van der Waals surface area contributed by atoms with Gasteiger partial charge >= 0.3 is 0 Å². The number of benzene rings is 14. The summed E-state index contributed by atoms with van der Waals surface area (Å²) >= 11 is 7.68. The molecule has 4 heterocycles. The largest absolute Gasteiger partial charge is 0.311 e. The number of fused-ring (bicyclic) bond motifs is 10. The second kappa shape index (κ2) is 25.2. The summed E-state index contributed by atoms with van der Waals surface area (Å²) in [5.41, 5.74) is 23.8. The molecule has 6 nitrogen and oxygen atoms in total. The maximum Gasteiger partial charge on any atom is 0.252 e. The lowest BCUT2D eigenvalue weighted by molar-refractivity contribution is 1.16. The van der Waals surface area contributed by atoms with Crippen LogP contribution < -0.4 is 36.0 Å². The highest BCUT2D eigenvalue weighted by Crippen LogP contribution is 2.50. The van der Waals surface area contributed by atoms with Gasteiger partial charge < -0.3 is 28.7 Å². The van der Waals surface area contributed by atoms with Crippen LogP contribution in [0.5, 0.6) is 0 Å². The van der Waals surface area contributed by atoms with Crippen LogP contribution in [0.15, 0.2) is 352 Å². The van der Waals surface area contributed by atoms with E-state index >= 15 is 0 Å². The molecule has 0 saturated heterocycles. The molecule has 0 N–H and O–H groups in total. The highest BCUT2D eigenvalue weighted by Gasteiger charge is 2.43. The van der Waals surface area contributed by atoms with Gasteiger partial charge in [0, 0.05) is 78.4 Å². The molecule has 14 aromatic carbocycles. The maximum atomic E-state index is 7.68. The Hall–Kier alpha value is -11.0. The number of anilines is 12. The van der Waals surface area contributed by atoms with Crippen LogP contribution in [-0.4, -0.2) is 15.8 Å². The molecule has 18 rings (SSSR count). The molecule has 2 aromatic heterocycles. The molecule has 0 aliphatic carbocycles. The lowest BCUT2D eigenvalue weighted by Gasteiger charge is -2.44. The van der Waals surface area contributed by atoms with Gasteiger partial charge in [-0.3, -0.25) is 0 Å². The molecule has 0 amide bonds. The lowest BCUT2D eigenvalue weighted by Crippen LogP contribution is -2.61. The first-order valence-electron chi connectivity index (χ1n) is 31.3. The van der Waals surface area contributed by atoms with E-state index in [0.29, 0.717) is 5.02 Å². The standard InChI is InChI=1S/C42H28BN3.C42H30ClN3.CH4.HI/c1-3-15-29(16-4-1)44-38-25-13-9-21-34(38)43-35-22-10-14-26-39(35)45(30-17-5-2-6-18-30)41-28-31(27-40(44)42(41)43)46-36-23-11-7-19-32(36)33-20-8-12-24-37(33)46;43-42-40(44(31-17-5-1-6-18-31)32-19-7-2-8-20-32)29-35(46-38-27-15-13-25-36(38)37-26-14-16-28-39(37)46)30-41(42)45(33-21-9-3-10-22-33)34-23-11-4-12-24-34;;/h1-28H;1-30H;1H4;1H. The summed E-state index contributed by atoms with van der Waals surface area (Å²) in [6, 6.07) is 125. The van der Waals surface area contributed by atoms with Crippen LogP contribution in [-0.2, 0) is 0 Å². The van der Waals surface area contributed by atoms with Gasteiger partial charge in [0.1, 0.15) is 0 Å². The average molecular weight is 1340 g/mol. The second-order valence-corrected chi connectivity index (χ2v) is 23.7. The molecule has 2 aliphatic rings. The SMILES string of the molecule is C.Clc1c(N(c2ccccc2)c2ccccc2)cc(-n2c3ccccc3c3ccccc32)cc1N(c1ccccc1)c1ccccc1.I.c1ccc(N2c3ccccc3B3c4ccccc4N(c4ccccc4)c4cc(-n5c6ccccc6c6ccccc65)cc2c43)cc1. The minimum atomic E-state index is 0. The van der Waals surface area contributed by atoms with E-state index < -0.39 is 0 Å². The molecular weight excluding hydrogens is 1280 g/mol. The van der Waals surface area contributed by atoms with Crippen molar-refractivity contribution in [2.45, 2.75) is 7.43 Å². The number of nitrogens with zero attached hydrogens (tertiary/aromatic N) is 6. The van der Waals surface area contributed by atoms with E-state index in [4.69, 9.17) is 11.6 Å². The summed E-state index contributed by atoms with van der Waals surface area (Å²) in [7, 11) is 0. The van der Waals surface area contributed by atoms with E-state index in [-0.39, 0.29) is 38.1 Å². The fraction of sp³-hybridized carbons (Fsp3) is 0.0118. The highest BCUT2D eigenvalue weighted by molar-refractivity contribution is 14.0. The smallest absolute Gasteiger partial charge is 0.252 e. The van der Waals surface area contributed by atoms with Gasteiger partial charge in [-0.2, -0.15) is 0 Å².